The second kappa shape index (κ2) is 4.60. The van der Waals surface area contributed by atoms with Crippen molar-refractivity contribution in [1.29, 1.82) is 0 Å². The summed E-state index contributed by atoms with van der Waals surface area (Å²) in [6.45, 7) is 1.69. The molecule has 0 radical (unpaired) electrons. The lowest BCUT2D eigenvalue weighted by Crippen LogP contribution is -2.24. The molecule has 1 amide bonds. The molecule has 0 spiro atoms. The van der Waals surface area contributed by atoms with E-state index < -0.39 is 23.9 Å². The van der Waals surface area contributed by atoms with Crippen LogP contribution < -0.4 is 5.32 Å². The monoisotopic (exact) mass is 371 g/mol. The van der Waals surface area contributed by atoms with E-state index in [1.807, 2.05) is 22.6 Å². The highest BCUT2D eigenvalue weighted by Gasteiger charge is 2.36. The van der Waals surface area contributed by atoms with Gasteiger partial charge in [0.05, 0.1) is 11.6 Å². The van der Waals surface area contributed by atoms with E-state index >= 15 is 0 Å². The van der Waals surface area contributed by atoms with Crippen LogP contribution in [0.5, 0.6) is 0 Å². The zero-order valence-corrected chi connectivity index (χ0v) is 11.4. The fourth-order valence-electron chi connectivity index (χ4n) is 1.78. The van der Waals surface area contributed by atoms with Gasteiger partial charge in [0, 0.05) is 9.13 Å². The van der Waals surface area contributed by atoms with Crippen molar-refractivity contribution in [3.8, 4) is 0 Å². The van der Waals surface area contributed by atoms with Crippen LogP contribution in [0.3, 0.4) is 0 Å². The Morgan fingerprint density at radius 2 is 2.06 bits per heavy atom. The fraction of sp³-hybridized carbons (Fsp3) is 0.364. The molecule has 0 saturated carbocycles. The molecule has 1 heterocycles. The van der Waals surface area contributed by atoms with Crippen molar-refractivity contribution >= 4 is 28.7 Å². The Morgan fingerprint density at radius 1 is 1.39 bits per heavy atom. The number of carbonyl (C=O) groups excluding carboxylic acids is 1. The molecular weight excluding hydrogens is 362 g/mol. The van der Waals surface area contributed by atoms with Crippen LogP contribution in [0.1, 0.15) is 24.2 Å². The van der Waals surface area contributed by atoms with Crippen LogP contribution in [0.25, 0.3) is 0 Å². The summed E-state index contributed by atoms with van der Waals surface area (Å²) in [6.07, 6.45) is -5.70. The number of alkyl halides is 3. The first-order chi connectivity index (χ1) is 8.29. The molecule has 1 aliphatic heterocycles. The first-order valence-corrected chi connectivity index (χ1v) is 6.20. The molecule has 1 fully saturated rings. The smallest absolute Gasteiger partial charge is 0.416 e. The molecule has 1 N–H and O–H groups in total. The number of nitrogens with one attached hydrogen (secondary N) is 1. The Balaban J connectivity index is 2.41. The SMILES string of the molecule is C[C@H]1NC(=O)O[C@H]1c1cc(C(F)(F)F)ccc1I. The van der Waals surface area contributed by atoms with Crippen molar-refractivity contribution in [2.75, 3.05) is 0 Å². The average Bonchev–Trinajstić information content (AvgIpc) is 2.56. The van der Waals surface area contributed by atoms with Crippen LogP contribution in [0.15, 0.2) is 18.2 Å². The zero-order valence-electron chi connectivity index (χ0n) is 9.22. The maximum Gasteiger partial charge on any atom is 0.416 e. The van der Waals surface area contributed by atoms with Gasteiger partial charge in [0.1, 0.15) is 6.10 Å². The number of alkyl carbamates (subject to hydrolysis) is 1. The van der Waals surface area contributed by atoms with E-state index in [4.69, 9.17) is 4.74 Å². The Kier molecular flexibility index (Phi) is 3.43. The number of cyclic esters (lactones) is 1. The van der Waals surface area contributed by atoms with Crippen molar-refractivity contribution in [2.45, 2.75) is 25.2 Å². The molecule has 1 saturated heterocycles. The summed E-state index contributed by atoms with van der Waals surface area (Å²) >= 11 is 1.93. The summed E-state index contributed by atoms with van der Waals surface area (Å²) in [5.74, 6) is 0. The van der Waals surface area contributed by atoms with Crippen LogP contribution in [-0.2, 0) is 10.9 Å². The summed E-state index contributed by atoms with van der Waals surface area (Å²) in [4.78, 5) is 11.1. The lowest BCUT2D eigenvalue weighted by atomic mass is 10.0. The average molecular weight is 371 g/mol. The Bertz CT molecular complexity index is 490. The van der Waals surface area contributed by atoms with Crippen molar-refractivity contribution in [2.24, 2.45) is 0 Å². The Labute approximate surface area is 115 Å². The first-order valence-electron chi connectivity index (χ1n) is 5.13. The molecule has 1 aromatic carbocycles. The van der Waals surface area contributed by atoms with Gasteiger partial charge in [-0.3, -0.25) is 0 Å². The van der Waals surface area contributed by atoms with E-state index in [-0.39, 0.29) is 6.04 Å². The van der Waals surface area contributed by atoms with E-state index in [2.05, 4.69) is 5.32 Å². The van der Waals surface area contributed by atoms with Crippen LogP contribution in [0.2, 0.25) is 0 Å². The first kappa shape index (κ1) is 13.4. The third kappa shape index (κ3) is 2.55. The highest BCUT2D eigenvalue weighted by atomic mass is 127. The minimum atomic E-state index is -4.40. The number of ether oxygens (including phenoxy) is 1. The summed E-state index contributed by atoms with van der Waals surface area (Å²) in [6, 6.07) is 3.07. The lowest BCUT2D eigenvalue weighted by Gasteiger charge is -2.17. The van der Waals surface area contributed by atoms with Gasteiger partial charge >= 0.3 is 12.3 Å². The maximum absolute atomic E-state index is 12.6. The van der Waals surface area contributed by atoms with Crippen LogP contribution in [0.4, 0.5) is 18.0 Å². The van der Waals surface area contributed by atoms with E-state index in [1.54, 1.807) is 6.92 Å². The summed E-state index contributed by atoms with van der Waals surface area (Å²) in [5.41, 5.74) is -0.371. The molecule has 0 unspecified atom stereocenters. The molecule has 98 valence electrons. The quantitative estimate of drug-likeness (QED) is 0.768. The topological polar surface area (TPSA) is 38.3 Å². The second-order valence-electron chi connectivity index (χ2n) is 3.99. The number of hydrogen-bond acceptors (Lipinski definition) is 2. The molecule has 0 bridgehead atoms. The highest BCUT2D eigenvalue weighted by molar-refractivity contribution is 14.1. The van der Waals surface area contributed by atoms with Gasteiger partial charge in [0.15, 0.2) is 0 Å². The van der Waals surface area contributed by atoms with E-state index in [0.717, 1.165) is 12.1 Å². The van der Waals surface area contributed by atoms with Gasteiger partial charge in [-0.05, 0) is 47.7 Å². The summed E-state index contributed by atoms with van der Waals surface area (Å²) < 4.78 is 43.5. The van der Waals surface area contributed by atoms with Gasteiger partial charge < -0.3 is 10.1 Å². The van der Waals surface area contributed by atoms with Crippen molar-refractivity contribution in [3.63, 3.8) is 0 Å². The molecule has 0 aromatic heterocycles. The van der Waals surface area contributed by atoms with Crippen LogP contribution >= 0.6 is 22.6 Å². The lowest BCUT2D eigenvalue weighted by molar-refractivity contribution is -0.137. The number of carbonyl (C=O) groups is 1. The van der Waals surface area contributed by atoms with Crippen LogP contribution in [-0.4, -0.2) is 12.1 Å². The normalized spacial score (nSPS) is 23.7. The molecule has 18 heavy (non-hydrogen) atoms. The molecule has 2 atom stereocenters. The molecule has 0 aliphatic carbocycles. The molecular formula is C11H9F3INO2. The van der Waals surface area contributed by atoms with Crippen molar-refractivity contribution in [3.05, 3.63) is 32.9 Å². The Hall–Kier alpha value is -0.990. The van der Waals surface area contributed by atoms with Gasteiger partial charge in [-0.2, -0.15) is 13.2 Å². The van der Waals surface area contributed by atoms with E-state index in [1.165, 1.54) is 6.07 Å². The maximum atomic E-state index is 12.6. The third-order valence-corrected chi connectivity index (χ3v) is 3.65. The minimum absolute atomic E-state index is 0.352. The van der Waals surface area contributed by atoms with E-state index in [9.17, 15) is 18.0 Å². The molecule has 7 heteroatoms. The summed E-state index contributed by atoms with van der Waals surface area (Å²) in [5, 5.41) is 2.50. The molecule has 3 nitrogen and oxygen atoms in total. The minimum Gasteiger partial charge on any atom is -0.439 e. The van der Waals surface area contributed by atoms with Crippen molar-refractivity contribution in [1.82, 2.24) is 5.32 Å². The number of amides is 1. The van der Waals surface area contributed by atoms with Gasteiger partial charge in [-0.25, -0.2) is 4.79 Å². The predicted molar refractivity (Wildman–Crippen MR) is 66.0 cm³/mol. The molecule has 1 aliphatic rings. The summed E-state index contributed by atoms with van der Waals surface area (Å²) in [7, 11) is 0. The second-order valence-corrected chi connectivity index (χ2v) is 5.16. The number of rotatable bonds is 1. The zero-order chi connectivity index (χ0) is 13.5. The van der Waals surface area contributed by atoms with Crippen molar-refractivity contribution < 1.29 is 22.7 Å². The number of hydrogen-bond donors (Lipinski definition) is 1. The van der Waals surface area contributed by atoms with E-state index in [0.29, 0.717) is 9.13 Å². The highest BCUT2D eigenvalue weighted by Crippen LogP contribution is 2.35. The molecule has 2 rings (SSSR count). The Morgan fingerprint density at radius 3 is 2.56 bits per heavy atom. The largest absolute Gasteiger partial charge is 0.439 e. The standard InChI is InChI=1S/C11H9F3INO2/c1-5-9(18-10(17)16-5)7-4-6(11(12,13)14)2-3-8(7)15/h2-5,9H,1H3,(H,16,17)/t5-,9-/m1/s1. The van der Waals surface area contributed by atoms with Gasteiger partial charge in [-0.1, -0.05) is 0 Å². The van der Waals surface area contributed by atoms with Crippen LogP contribution in [0, 0.1) is 3.57 Å². The fourth-order valence-corrected chi connectivity index (χ4v) is 2.43. The molecule has 1 aromatic rings. The van der Waals surface area contributed by atoms with Gasteiger partial charge in [-0.15, -0.1) is 0 Å². The van der Waals surface area contributed by atoms with Gasteiger partial charge in [0.2, 0.25) is 0 Å². The van der Waals surface area contributed by atoms with Gasteiger partial charge in [0.25, 0.3) is 0 Å². The number of benzene rings is 1. The third-order valence-electron chi connectivity index (χ3n) is 2.66. The number of halogens is 4. The predicted octanol–water partition coefficient (Wildman–Crippen LogP) is 3.48.